The van der Waals surface area contributed by atoms with Crippen LogP contribution < -0.4 is 4.90 Å². The van der Waals surface area contributed by atoms with Crippen molar-refractivity contribution in [3.8, 4) is 0 Å². The molecule has 0 spiro atoms. The summed E-state index contributed by atoms with van der Waals surface area (Å²) in [5, 5.41) is 9.80. The van der Waals surface area contributed by atoms with Gasteiger partial charge in [0.05, 0.1) is 6.10 Å². The van der Waals surface area contributed by atoms with Crippen molar-refractivity contribution in [3.63, 3.8) is 0 Å². The van der Waals surface area contributed by atoms with Gasteiger partial charge in [-0.3, -0.25) is 0 Å². The standard InChI is InChI=1S/C15H22FNO/c1-10(2)13-8-5-9-17(13)14-7-4-6-12(16)15(14)11(3)18/h4,6-7,10-11,13,18H,5,8-9H2,1-3H3. The molecule has 2 nitrogen and oxygen atoms in total. The number of hydrogen-bond donors (Lipinski definition) is 1. The lowest BCUT2D eigenvalue weighted by molar-refractivity contribution is 0.194. The van der Waals surface area contributed by atoms with E-state index in [0.717, 1.165) is 25.1 Å². The van der Waals surface area contributed by atoms with Gasteiger partial charge in [0, 0.05) is 23.8 Å². The zero-order valence-corrected chi connectivity index (χ0v) is 11.4. The molecule has 1 aliphatic heterocycles. The Balaban J connectivity index is 2.41. The molecule has 100 valence electrons. The lowest BCUT2D eigenvalue weighted by atomic mass is 9.99. The third-order valence-electron chi connectivity index (χ3n) is 3.83. The molecule has 3 heteroatoms. The van der Waals surface area contributed by atoms with Crippen LogP contribution in [-0.2, 0) is 0 Å². The van der Waals surface area contributed by atoms with E-state index in [1.54, 1.807) is 13.0 Å². The number of halogens is 1. The van der Waals surface area contributed by atoms with Gasteiger partial charge in [-0.25, -0.2) is 4.39 Å². The molecule has 2 rings (SSSR count). The van der Waals surface area contributed by atoms with Gasteiger partial charge in [0.25, 0.3) is 0 Å². The van der Waals surface area contributed by atoms with Crippen molar-refractivity contribution in [1.82, 2.24) is 0 Å². The molecule has 0 aliphatic carbocycles. The van der Waals surface area contributed by atoms with Crippen LogP contribution in [0.25, 0.3) is 0 Å². The van der Waals surface area contributed by atoms with Crippen LogP contribution in [0.3, 0.4) is 0 Å². The van der Waals surface area contributed by atoms with E-state index in [9.17, 15) is 9.50 Å². The fourth-order valence-corrected chi connectivity index (χ4v) is 2.97. The predicted octanol–water partition coefficient (Wildman–Crippen LogP) is 3.50. The summed E-state index contributed by atoms with van der Waals surface area (Å²) in [6, 6.07) is 5.52. The Bertz CT molecular complexity index is 417. The van der Waals surface area contributed by atoms with Gasteiger partial charge in [-0.15, -0.1) is 0 Å². The first-order chi connectivity index (χ1) is 8.52. The second-order valence-electron chi connectivity index (χ2n) is 5.50. The highest BCUT2D eigenvalue weighted by atomic mass is 19.1. The molecule has 1 N–H and O–H groups in total. The second kappa shape index (κ2) is 5.27. The van der Waals surface area contributed by atoms with Crippen molar-refractivity contribution in [1.29, 1.82) is 0 Å². The minimum absolute atomic E-state index is 0.308. The first kappa shape index (κ1) is 13.3. The number of benzene rings is 1. The van der Waals surface area contributed by atoms with Crippen LogP contribution in [0.1, 0.15) is 45.3 Å². The Morgan fingerprint density at radius 3 is 2.67 bits per heavy atom. The second-order valence-corrected chi connectivity index (χ2v) is 5.50. The van der Waals surface area contributed by atoms with Gasteiger partial charge in [0.1, 0.15) is 5.82 Å². The Kier molecular flexibility index (Phi) is 3.91. The zero-order chi connectivity index (χ0) is 13.3. The molecule has 1 heterocycles. The zero-order valence-electron chi connectivity index (χ0n) is 11.4. The maximum atomic E-state index is 13.9. The summed E-state index contributed by atoms with van der Waals surface area (Å²) in [6.07, 6.45) is 1.51. The summed E-state index contributed by atoms with van der Waals surface area (Å²) in [4.78, 5) is 2.26. The van der Waals surface area contributed by atoms with Crippen LogP contribution >= 0.6 is 0 Å². The predicted molar refractivity (Wildman–Crippen MR) is 72.2 cm³/mol. The molecular weight excluding hydrogens is 229 g/mol. The van der Waals surface area contributed by atoms with Crippen molar-refractivity contribution in [2.75, 3.05) is 11.4 Å². The minimum atomic E-state index is -0.769. The van der Waals surface area contributed by atoms with E-state index >= 15 is 0 Å². The van der Waals surface area contributed by atoms with E-state index < -0.39 is 6.10 Å². The smallest absolute Gasteiger partial charge is 0.131 e. The van der Waals surface area contributed by atoms with Gasteiger partial charge >= 0.3 is 0 Å². The monoisotopic (exact) mass is 251 g/mol. The van der Waals surface area contributed by atoms with Crippen LogP contribution in [0, 0.1) is 11.7 Å². The van der Waals surface area contributed by atoms with Gasteiger partial charge in [0.15, 0.2) is 0 Å². The molecule has 1 fully saturated rings. The summed E-state index contributed by atoms with van der Waals surface area (Å²) >= 11 is 0. The van der Waals surface area contributed by atoms with E-state index in [-0.39, 0.29) is 5.82 Å². The van der Waals surface area contributed by atoms with Crippen molar-refractivity contribution in [2.45, 2.75) is 45.8 Å². The van der Waals surface area contributed by atoms with Gasteiger partial charge < -0.3 is 10.0 Å². The average molecular weight is 251 g/mol. The number of hydrogen-bond acceptors (Lipinski definition) is 2. The van der Waals surface area contributed by atoms with Gasteiger partial charge in [-0.1, -0.05) is 19.9 Å². The Morgan fingerprint density at radius 2 is 2.06 bits per heavy atom. The largest absolute Gasteiger partial charge is 0.389 e. The van der Waals surface area contributed by atoms with Crippen molar-refractivity contribution < 1.29 is 9.50 Å². The molecule has 0 bridgehead atoms. The van der Waals surface area contributed by atoms with E-state index in [2.05, 4.69) is 18.7 Å². The van der Waals surface area contributed by atoms with Crippen LogP contribution in [0.5, 0.6) is 0 Å². The average Bonchev–Trinajstić information content (AvgIpc) is 2.76. The van der Waals surface area contributed by atoms with Gasteiger partial charge in [-0.05, 0) is 37.8 Å². The summed E-state index contributed by atoms with van der Waals surface area (Å²) in [5.74, 6) is 0.231. The Morgan fingerprint density at radius 1 is 1.33 bits per heavy atom. The molecule has 0 saturated carbocycles. The Hall–Kier alpha value is -1.09. The molecule has 1 aliphatic rings. The molecular formula is C15H22FNO. The molecule has 0 amide bonds. The molecule has 1 saturated heterocycles. The highest BCUT2D eigenvalue weighted by molar-refractivity contribution is 5.56. The minimum Gasteiger partial charge on any atom is -0.389 e. The summed E-state index contributed by atoms with van der Waals surface area (Å²) < 4.78 is 13.9. The normalized spacial score (nSPS) is 21.7. The topological polar surface area (TPSA) is 23.5 Å². The molecule has 2 unspecified atom stereocenters. The first-order valence-corrected chi connectivity index (χ1v) is 6.75. The van der Waals surface area contributed by atoms with Crippen molar-refractivity contribution in [2.24, 2.45) is 5.92 Å². The molecule has 0 aromatic heterocycles. The quantitative estimate of drug-likeness (QED) is 0.888. The van der Waals surface area contributed by atoms with Crippen molar-refractivity contribution in [3.05, 3.63) is 29.6 Å². The molecule has 2 atom stereocenters. The van der Waals surface area contributed by atoms with E-state index in [1.165, 1.54) is 6.07 Å². The van der Waals surface area contributed by atoms with E-state index in [1.807, 2.05) is 6.07 Å². The van der Waals surface area contributed by atoms with Crippen molar-refractivity contribution >= 4 is 5.69 Å². The number of anilines is 1. The number of nitrogens with zero attached hydrogens (tertiary/aromatic N) is 1. The van der Waals surface area contributed by atoms with Crippen LogP contribution in [0.4, 0.5) is 10.1 Å². The van der Waals surface area contributed by atoms with Gasteiger partial charge in [-0.2, -0.15) is 0 Å². The molecule has 1 aromatic carbocycles. The van der Waals surface area contributed by atoms with E-state index in [0.29, 0.717) is 17.5 Å². The van der Waals surface area contributed by atoms with E-state index in [4.69, 9.17) is 0 Å². The number of aliphatic hydroxyl groups is 1. The molecule has 1 aromatic rings. The molecule has 18 heavy (non-hydrogen) atoms. The maximum Gasteiger partial charge on any atom is 0.131 e. The SMILES string of the molecule is CC(O)c1c(F)cccc1N1CCCC1C(C)C. The lowest BCUT2D eigenvalue weighted by Crippen LogP contribution is -2.34. The highest BCUT2D eigenvalue weighted by Gasteiger charge is 2.30. The number of rotatable bonds is 3. The van der Waals surface area contributed by atoms with Crippen LogP contribution in [0.15, 0.2) is 18.2 Å². The van der Waals surface area contributed by atoms with Gasteiger partial charge in [0.2, 0.25) is 0 Å². The third-order valence-corrected chi connectivity index (χ3v) is 3.83. The summed E-state index contributed by atoms with van der Waals surface area (Å²) in [7, 11) is 0. The fourth-order valence-electron chi connectivity index (χ4n) is 2.97. The van der Waals surface area contributed by atoms with Crippen LogP contribution in [-0.4, -0.2) is 17.7 Å². The lowest BCUT2D eigenvalue weighted by Gasteiger charge is -2.32. The summed E-state index contributed by atoms with van der Waals surface area (Å²) in [5.41, 5.74) is 1.30. The Labute approximate surface area is 108 Å². The first-order valence-electron chi connectivity index (χ1n) is 6.75. The third kappa shape index (κ3) is 2.37. The number of aliphatic hydroxyl groups excluding tert-OH is 1. The highest BCUT2D eigenvalue weighted by Crippen LogP contribution is 2.35. The van der Waals surface area contributed by atoms with Crippen LogP contribution in [0.2, 0.25) is 0 Å². The molecule has 0 radical (unpaired) electrons. The summed E-state index contributed by atoms with van der Waals surface area (Å²) in [6.45, 7) is 6.98. The fraction of sp³-hybridized carbons (Fsp3) is 0.600. The maximum absolute atomic E-state index is 13.9.